The third-order valence-electron chi connectivity index (χ3n) is 1.97. The average Bonchev–Trinajstić information content (AvgIpc) is 2.20. The van der Waals surface area contributed by atoms with E-state index in [0.717, 1.165) is 12.8 Å². The predicted molar refractivity (Wildman–Crippen MR) is 60.3 cm³/mol. The normalized spacial score (nSPS) is 14.4. The van der Waals surface area contributed by atoms with Gasteiger partial charge in [-0.15, -0.1) is 0 Å². The highest BCUT2D eigenvalue weighted by Crippen LogP contribution is 2.27. The van der Waals surface area contributed by atoms with Crippen LogP contribution in [0, 0.1) is 0 Å². The molecule has 0 aliphatic rings. The zero-order chi connectivity index (χ0) is 12.6. The molecule has 0 aliphatic heterocycles. The minimum absolute atomic E-state index is 0.0177. The van der Waals surface area contributed by atoms with Crippen molar-refractivity contribution in [3.63, 3.8) is 0 Å². The summed E-state index contributed by atoms with van der Waals surface area (Å²) in [7, 11) is -1.51. The van der Waals surface area contributed by atoms with Gasteiger partial charge in [-0.25, -0.2) is 0 Å². The molecule has 0 radical (unpaired) electrons. The molecule has 4 N–H and O–H groups in total. The van der Waals surface area contributed by atoms with Crippen molar-refractivity contribution in [2.24, 2.45) is 0 Å². The fourth-order valence-electron chi connectivity index (χ4n) is 1.06. The Morgan fingerprint density at radius 2 is 2.00 bits per heavy atom. The quantitative estimate of drug-likeness (QED) is 0.455. The monoisotopic (exact) mass is 251 g/mol. The van der Waals surface area contributed by atoms with Crippen LogP contribution in [0.5, 0.6) is 0 Å². The smallest absolute Gasteiger partial charge is 0.321 e. The molecule has 0 aromatic carbocycles. The molecule has 0 saturated carbocycles. The summed E-state index contributed by atoms with van der Waals surface area (Å²) in [5.41, 5.74) is 0. The third kappa shape index (κ3) is 7.56. The van der Waals surface area contributed by atoms with Crippen molar-refractivity contribution in [2.75, 3.05) is 6.16 Å². The van der Waals surface area contributed by atoms with Crippen LogP contribution >= 0.6 is 8.30 Å². The van der Waals surface area contributed by atoms with Crippen LogP contribution in [0.25, 0.3) is 0 Å². The SMILES string of the molecule is CCCCP(O)N[C@@H](CCC(=O)O)C(=O)O. The first-order valence-electron chi connectivity index (χ1n) is 5.14. The largest absolute Gasteiger partial charge is 0.481 e. The second-order valence-electron chi connectivity index (χ2n) is 3.43. The van der Waals surface area contributed by atoms with Crippen LogP contribution in [-0.4, -0.2) is 39.2 Å². The summed E-state index contributed by atoms with van der Waals surface area (Å²) in [6.45, 7) is 1.97. The summed E-state index contributed by atoms with van der Waals surface area (Å²) in [5, 5.41) is 19.8. The lowest BCUT2D eigenvalue weighted by Gasteiger charge is -2.17. The van der Waals surface area contributed by atoms with Crippen LogP contribution in [0.4, 0.5) is 0 Å². The maximum atomic E-state index is 10.8. The zero-order valence-electron chi connectivity index (χ0n) is 9.22. The number of carboxylic acid groups (broad SMARTS) is 2. The van der Waals surface area contributed by atoms with Crippen molar-refractivity contribution >= 4 is 20.2 Å². The Labute approximate surface area is 95.6 Å². The van der Waals surface area contributed by atoms with Gasteiger partial charge < -0.3 is 15.1 Å². The topological polar surface area (TPSA) is 107 Å². The fourth-order valence-corrected chi connectivity index (χ4v) is 2.41. The molecule has 0 heterocycles. The zero-order valence-corrected chi connectivity index (χ0v) is 10.1. The lowest BCUT2D eigenvalue weighted by atomic mass is 10.2. The molecule has 0 aromatic rings. The summed E-state index contributed by atoms with van der Waals surface area (Å²) >= 11 is 0. The van der Waals surface area contributed by atoms with Gasteiger partial charge in [0.1, 0.15) is 6.04 Å². The van der Waals surface area contributed by atoms with Crippen LogP contribution in [0.15, 0.2) is 0 Å². The van der Waals surface area contributed by atoms with E-state index in [-0.39, 0.29) is 12.8 Å². The van der Waals surface area contributed by atoms with Crippen molar-refractivity contribution < 1.29 is 24.7 Å². The number of hydrogen-bond acceptors (Lipinski definition) is 4. The van der Waals surface area contributed by atoms with Gasteiger partial charge in [-0.2, -0.15) is 0 Å². The van der Waals surface area contributed by atoms with E-state index in [4.69, 9.17) is 10.2 Å². The highest BCUT2D eigenvalue weighted by Gasteiger charge is 2.21. The van der Waals surface area contributed by atoms with E-state index in [0.29, 0.717) is 6.16 Å². The first-order chi connectivity index (χ1) is 7.47. The minimum Gasteiger partial charge on any atom is -0.481 e. The van der Waals surface area contributed by atoms with E-state index < -0.39 is 26.3 Å². The molecule has 0 rings (SSSR count). The second kappa shape index (κ2) is 8.44. The fraction of sp³-hybridized carbons (Fsp3) is 0.778. The van der Waals surface area contributed by atoms with E-state index in [1.807, 2.05) is 6.92 Å². The van der Waals surface area contributed by atoms with E-state index in [9.17, 15) is 14.5 Å². The van der Waals surface area contributed by atoms with Gasteiger partial charge in [-0.05, 0) is 12.8 Å². The summed E-state index contributed by atoms with van der Waals surface area (Å²) < 4.78 is 0. The molecule has 0 saturated heterocycles. The van der Waals surface area contributed by atoms with Crippen LogP contribution in [0.2, 0.25) is 0 Å². The van der Waals surface area contributed by atoms with Crippen molar-refractivity contribution in [2.45, 2.75) is 38.6 Å². The Balaban J connectivity index is 4.01. The average molecular weight is 251 g/mol. The molecule has 6 nitrogen and oxygen atoms in total. The number of carbonyl (C=O) groups is 2. The minimum atomic E-state index is -1.51. The first-order valence-corrected chi connectivity index (χ1v) is 6.62. The lowest BCUT2D eigenvalue weighted by molar-refractivity contribution is -0.140. The van der Waals surface area contributed by atoms with Crippen LogP contribution in [0.3, 0.4) is 0 Å². The third-order valence-corrected chi connectivity index (χ3v) is 3.32. The van der Waals surface area contributed by atoms with Crippen molar-refractivity contribution in [1.82, 2.24) is 5.09 Å². The molecular weight excluding hydrogens is 233 g/mol. The molecule has 0 aliphatic carbocycles. The van der Waals surface area contributed by atoms with Crippen LogP contribution < -0.4 is 5.09 Å². The maximum Gasteiger partial charge on any atom is 0.321 e. The van der Waals surface area contributed by atoms with Gasteiger partial charge in [0.2, 0.25) is 0 Å². The van der Waals surface area contributed by atoms with E-state index in [1.54, 1.807) is 0 Å². The number of nitrogens with one attached hydrogen (secondary N) is 1. The predicted octanol–water partition coefficient (Wildman–Crippen LogP) is 0.998. The number of carboxylic acids is 2. The molecule has 0 aromatic heterocycles. The van der Waals surface area contributed by atoms with Crippen LogP contribution in [0.1, 0.15) is 32.6 Å². The second-order valence-corrected chi connectivity index (χ2v) is 4.93. The molecule has 0 bridgehead atoms. The molecule has 7 heteroatoms. The molecule has 2 atom stereocenters. The Kier molecular flexibility index (Phi) is 8.07. The molecular formula is C9H18NO5P. The Morgan fingerprint density at radius 1 is 1.38 bits per heavy atom. The van der Waals surface area contributed by atoms with E-state index in [1.165, 1.54) is 0 Å². The molecule has 16 heavy (non-hydrogen) atoms. The number of rotatable bonds is 9. The van der Waals surface area contributed by atoms with Gasteiger partial charge >= 0.3 is 11.9 Å². The molecule has 0 spiro atoms. The van der Waals surface area contributed by atoms with Crippen molar-refractivity contribution in [3.8, 4) is 0 Å². The highest BCUT2D eigenvalue weighted by molar-refractivity contribution is 7.49. The Morgan fingerprint density at radius 3 is 2.44 bits per heavy atom. The van der Waals surface area contributed by atoms with Gasteiger partial charge in [0, 0.05) is 12.6 Å². The van der Waals surface area contributed by atoms with Crippen molar-refractivity contribution in [3.05, 3.63) is 0 Å². The summed E-state index contributed by atoms with van der Waals surface area (Å²) in [5.74, 6) is -2.16. The number of unbranched alkanes of at least 4 members (excludes halogenated alkanes) is 1. The molecule has 0 amide bonds. The van der Waals surface area contributed by atoms with Crippen LogP contribution in [-0.2, 0) is 9.59 Å². The Bertz CT molecular complexity index is 236. The standard InChI is InChI=1S/C9H18NO5P/c1-2-3-6-16(15)10-7(9(13)14)4-5-8(11)12/h7,10,15H,2-6H2,1H3,(H,11,12)(H,13,14)/t7-,16?/m0/s1. The van der Waals surface area contributed by atoms with Gasteiger partial charge in [-0.1, -0.05) is 13.3 Å². The summed E-state index contributed by atoms with van der Waals surface area (Å²) in [6, 6.07) is -0.982. The van der Waals surface area contributed by atoms with Gasteiger partial charge in [-0.3, -0.25) is 14.7 Å². The summed E-state index contributed by atoms with van der Waals surface area (Å²) in [6.07, 6.45) is 2.04. The van der Waals surface area contributed by atoms with E-state index >= 15 is 0 Å². The molecule has 0 fully saturated rings. The maximum absolute atomic E-state index is 10.8. The van der Waals surface area contributed by atoms with Crippen molar-refractivity contribution in [1.29, 1.82) is 0 Å². The first kappa shape index (κ1) is 15.3. The summed E-state index contributed by atoms with van der Waals surface area (Å²) in [4.78, 5) is 30.6. The highest BCUT2D eigenvalue weighted by atomic mass is 31.2. The van der Waals surface area contributed by atoms with Gasteiger partial charge in [0.05, 0.1) is 8.30 Å². The lowest BCUT2D eigenvalue weighted by Crippen LogP contribution is -2.34. The number of aliphatic carboxylic acids is 2. The van der Waals surface area contributed by atoms with E-state index in [2.05, 4.69) is 5.09 Å². The Hall–Kier alpha value is -0.710. The van der Waals surface area contributed by atoms with Gasteiger partial charge in [0.25, 0.3) is 0 Å². The number of hydrogen-bond donors (Lipinski definition) is 4. The molecule has 94 valence electrons. The van der Waals surface area contributed by atoms with Gasteiger partial charge in [0.15, 0.2) is 0 Å². The molecule has 1 unspecified atom stereocenters.